The Labute approximate surface area is 403 Å². The zero-order valence-electron chi connectivity index (χ0n) is 39.7. The molecule has 370 valence electrons. The average Bonchev–Trinajstić information content (AvgIpc) is 3.96. The summed E-state index contributed by atoms with van der Waals surface area (Å²) in [5.74, 6) is -0.152. The SMILES string of the molecule is CC(C)(C)n1nc(-c2noc(C3CC3)c2-c2ncc(C3CCN(C(=O)NCC(=O)N4CCC(CN5CCN(c6c(F)cc(NC7CCC(=O)NC7=O)cc6F)CC5)CC4)CC3)cn2)c2c(N)ncnc21. The molecule has 4 saturated heterocycles. The second kappa shape index (κ2) is 19.2. The molecular formula is C48H59F2N15O5. The van der Waals surface area contributed by atoms with Crippen molar-refractivity contribution in [2.45, 2.75) is 95.6 Å². The fourth-order valence-electron chi connectivity index (χ4n) is 10.2. The molecule has 1 unspecified atom stereocenters. The first-order chi connectivity index (χ1) is 33.7. The van der Waals surface area contributed by atoms with Crippen molar-refractivity contribution in [2.24, 2.45) is 5.92 Å². The van der Waals surface area contributed by atoms with E-state index in [-0.39, 0.29) is 60.4 Å². The fraction of sp³-hybridized carbons (Fsp3) is 0.542. The highest BCUT2D eigenvalue weighted by molar-refractivity contribution is 6.02. The number of nitrogens with zero attached hydrogens (tertiary/aromatic N) is 11. The summed E-state index contributed by atoms with van der Waals surface area (Å²) in [5.41, 5.74) is 9.36. The Morgan fingerprint density at radius 3 is 2.19 bits per heavy atom. The number of piperidine rings is 3. The number of urea groups is 1. The Balaban J connectivity index is 0.666. The number of piperazine rings is 1. The number of nitrogen functional groups attached to an aromatic ring is 1. The zero-order valence-corrected chi connectivity index (χ0v) is 39.7. The molecule has 4 aliphatic heterocycles. The first-order valence-corrected chi connectivity index (χ1v) is 24.4. The van der Waals surface area contributed by atoms with Crippen molar-refractivity contribution in [2.75, 3.05) is 81.4 Å². The van der Waals surface area contributed by atoms with Crippen molar-refractivity contribution in [3.05, 3.63) is 53.8 Å². The molecule has 1 aliphatic carbocycles. The van der Waals surface area contributed by atoms with Crippen molar-refractivity contribution in [1.29, 1.82) is 0 Å². The number of hydrogen-bond donors (Lipinski definition) is 4. The zero-order chi connectivity index (χ0) is 48.8. The van der Waals surface area contributed by atoms with Gasteiger partial charge in [-0.25, -0.2) is 38.2 Å². The Morgan fingerprint density at radius 2 is 1.53 bits per heavy atom. The van der Waals surface area contributed by atoms with Crippen LogP contribution in [-0.4, -0.2) is 145 Å². The summed E-state index contributed by atoms with van der Waals surface area (Å²) in [7, 11) is 0. The van der Waals surface area contributed by atoms with Crippen LogP contribution in [0, 0.1) is 17.6 Å². The van der Waals surface area contributed by atoms with Crippen LogP contribution in [0.4, 0.5) is 30.8 Å². The minimum absolute atomic E-state index is 0.0681. The van der Waals surface area contributed by atoms with E-state index in [2.05, 4.69) is 36.0 Å². The van der Waals surface area contributed by atoms with E-state index >= 15 is 8.78 Å². The molecule has 5 aliphatic rings. The monoisotopic (exact) mass is 963 g/mol. The largest absolute Gasteiger partial charge is 0.383 e. The molecule has 0 bridgehead atoms. The highest BCUT2D eigenvalue weighted by Gasteiger charge is 2.37. The topological polar surface area (TPSA) is 239 Å². The number of likely N-dealkylation sites (tertiary alicyclic amines) is 2. The van der Waals surface area contributed by atoms with E-state index < -0.39 is 29.1 Å². The first-order valence-electron chi connectivity index (χ1n) is 24.4. The number of nitrogens with one attached hydrogen (secondary N) is 3. The van der Waals surface area contributed by atoms with Gasteiger partial charge >= 0.3 is 6.03 Å². The third-order valence-corrected chi connectivity index (χ3v) is 14.3. The van der Waals surface area contributed by atoms with Crippen molar-refractivity contribution in [3.8, 4) is 22.8 Å². The third-order valence-electron chi connectivity index (χ3n) is 14.3. The first kappa shape index (κ1) is 46.9. The summed E-state index contributed by atoms with van der Waals surface area (Å²) < 4.78 is 38.3. The molecule has 5 aromatic rings. The van der Waals surface area contributed by atoms with E-state index in [9.17, 15) is 19.2 Å². The predicted octanol–water partition coefficient (Wildman–Crippen LogP) is 4.60. The van der Waals surface area contributed by atoms with Gasteiger partial charge in [0, 0.05) is 89.3 Å². The van der Waals surface area contributed by atoms with Crippen LogP contribution in [0.25, 0.3) is 33.8 Å². The van der Waals surface area contributed by atoms with Crippen LogP contribution in [0.15, 0.2) is 35.4 Å². The molecule has 70 heavy (non-hydrogen) atoms. The average molecular weight is 964 g/mol. The number of nitrogens with two attached hydrogens (primary N) is 1. The maximum Gasteiger partial charge on any atom is 0.317 e. The lowest BCUT2D eigenvalue weighted by atomic mass is 9.91. The fourth-order valence-corrected chi connectivity index (χ4v) is 10.2. The van der Waals surface area contributed by atoms with Crippen LogP contribution >= 0.6 is 0 Å². The lowest BCUT2D eigenvalue weighted by molar-refractivity contribution is -0.134. The number of halogens is 2. The molecule has 1 atom stereocenters. The van der Waals surface area contributed by atoms with Crippen LogP contribution in [0.2, 0.25) is 0 Å². The van der Waals surface area contributed by atoms with E-state index in [1.807, 2.05) is 42.7 Å². The van der Waals surface area contributed by atoms with E-state index in [0.29, 0.717) is 97.9 Å². The number of imide groups is 1. The molecule has 0 radical (unpaired) electrons. The number of carbonyl (C=O) groups is 4. The van der Waals surface area contributed by atoms with Gasteiger partial charge in [-0.05, 0) is 95.2 Å². The van der Waals surface area contributed by atoms with Gasteiger partial charge in [-0.3, -0.25) is 24.6 Å². The normalized spacial score (nSPS) is 20.0. The minimum Gasteiger partial charge on any atom is -0.383 e. The number of fused-ring (bicyclic) bond motifs is 1. The molecule has 5 fully saturated rings. The van der Waals surface area contributed by atoms with Gasteiger partial charge in [-0.15, -0.1) is 0 Å². The molecule has 0 spiro atoms. The van der Waals surface area contributed by atoms with Crippen LogP contribution < -0.4 is 26.6 Å². The lowest BCUT2D eigenvalue weighted by Gasteiger charge is -2.39. The summed E-state index contributed by atoms with van der Waals surface area (Å²) in [5, 5.41) is 18.0. The maximum atomic E-state index is 15.3. The maximum absolute atomic E-state index is 15.3. The Kier molecular flexibility index (Phi) is 12.8. The molecule has 8 heterocycles. The minimum atomic E-state index is -0.742. The highest BCUT2D eigenvalue weighted by Crippen LogP contribution is 2.48. The van der Waals surface area contributed by atoms with E-state index in [1.165, 1.54) is 18.5 Å². The summed E-state index contributed by atoms with van der Waals surface area (Å²) in [4.78, 5) is 76.1. The second-order valence-electron chi connectivity index (χ2n) is 20.2. The standard InChI is InChI=1S/C48H59F2N15O5/c1-48(2,3)65-45-38(43(51)55-26-56-45)39(59-65)40-37(42(70-60-40)29-4-5-29)44-52-22-30(23-53-44)28-10-14-64(15-11-28)47(69)54-24-36(67)62-12-8-27(9-13-62)25-61-16-18-63(19-17-61)41-32(49)20-31(21-33(41)50)57-34-6-7-35(66)58-46(34)68/h20-23,26-29,34,57H,4-19,24-25H2,1-3H3,(H,54,69)(H2,51,55,56)(H,58,66,68). The second-order valence-corrected chi connectivity index (χ2v) is 20.2. The number of aromatic nitrogens is 7. The summed E-state index contributed by atoms with van der Waals surface area (Å²) in [6.07, 6.45) is 10.6. The smallest absolute Gasteiger partial charge is 0.317 e. The molecule has 5 N–H and O–H groups in total. The van der Waals surface area contributed by atoms with Gasteiger partial charge in [-0.2, -0.15) is 5.10 Å². The van der Waals surface area contributed by atoms with Gasteiger partial charge in [-0.1, -0.05) is 5.16 Å². The van der Waals surface area contributed by atoms with Gasteiger partial charge in [0.05, 0.1) is 23.0 Å². The van der Waals surface area contributed by atoms with Crippen molar-refractivity contribution < 1.29 is 32.5 Å². The number of anilines is 3. The van der Waals surface area contributed by atoms with E-state index in [0.717, 1.165) is 56.4 Å². The number of benzene rings is 1. The molecule has 20 nitrogen and oxygen atoms in total. The summed E-state index contributed by atoms with van der Waals surface area (Å²) in [6, 6.07) is 1.39. The van der Waals surface area contributed by atoms with Gasteiger partial charge in [0.2, 0.25) is 17.7 Å². The third kappa shape index (κ3) is 9.69. The molecule has 5 amide bonds. The predicted molar refractivity (Wildman–Crippen MR) is 254 cm³/mol. The number of carbonyl (C=O) groups excluding carboxylic acids is 4. The van der Waals surface area contributed by atoms with Crippen molar-refractivity contribution >= 4 is 52.0 Å². The van der Waals surface area contributed by atoms with Crippen LogP contribution in [0.3, 0.4) is 0 Å². The van der Waals surface area contributed by atoms with E-state index in [4.69, 9.17) is 25.3 Å². The molecule has 4 aromatic heterocycles. The molecule has 22 heteroatoms. The van der Waals surface area contributed by atoms with Crippen molar-refractivity contribution in [3.63, 3.8) is 0 Å². The molecule has 10 rings (SSSR count). The van der Waals surface area contributed by atoms with Gasteiger partial charge in [0.1, 0.15) is 35.3 Å². The van der Waals surface area contributed by atoms with E-state index in [1.54, 1.807) is 9.80 Å². The van der Waals surface area contributed by atoms with Crippen LogP contribution in [0.5, 0.6) is 0 Å². The molecular weight excluding hydrogens is 905 g/mol. The Hall–Kier alpha value is -6.84. The number of hydrogen-bond acceptors (Lipinski definition) is 15. The van der Waals surface area contributed by atoms with Crippen LogP contribution in [0.1, 0.15) is 95.3 Å². The molecule has 1 saturated carbocycles. The highest BCUT2D eigenvalue weighted by atomic mass is 19.1. The molecule has 1 aromatic carbocycles. The van der Waals surface area contributed by atoms with Gasteiger partial charge in [0.15, 0.2) is 28.9 Å². The van der Waals surface area contributed by atoms with Crippen molar-refractivity contribution in [1.82, 2.24) is 60.2 Å². The lowest BCUT2D eigenvalue weighted by Crippen LogP contribution is -2.51. The number of amides is 5. The summed E-state index contributed by atoms with van der Waals surface area (Å²) in [6.45, 7) is 11.3. The quantitative estimate of drug-likeness (QED) is 0.132. The van der Waals surface area contributed by atoms with Gasteiger partial charge in [0.25, 0.3) is 0 Å². The Bertz CT molecular complexity index is 2760. The van der Waals surface area contributed by atoms with Gasteiger partial charge < -0.3 is 35.6 Å². The Morgan fingerprint density at radius 1 is 0.843 bits per heavy atom. The number of rotatable bonds is 11. The van der Waals surface area contributed by atoms with Crippen LogP contribution in [-0.2, 0) is 19.9 Å². The summed E-state index contributed by atoms with van der Waals surface area (Å²) >= 11 is 0.